The average Bonchev–Trinajstić information content (AvgIpc) is 2.43. The van der Waals surface area contributed by atoms with Crippen LogP contribution in [0.1, 0.15) is 36.6 Å². The van der Waals surface area contributed by atoms with E-state index in [1.54, 1.807) is 4.68 Å². The SMILES string of the molecule is Cc1c(C2CCCCN2)c(=O)[nH]n1C. The van der Waals surface area contributed by atoms with E-state index >= 15 is 0 Å². The molecule has 4 nitrogen and oxygen atoms in total. The molecule has 1 aliphatic heterocycles. The van der Waals surface area contributed by atoms with E-state index in [0.717, 1.165) is 24.2 Å². The largest absolute Gasteiger partial charge is 0.310 e. The van der Waals surface area contributed by atoms with Crippen molar-refractivity contribution in [2.45, 2.75) is 32.2 Å². The van der Waals surface area contributed by atoms with Crippen LogP contribution in [0.4, 0.5) is 0 Å². The van der Waals surface area contributed by atoms with Gasteiger partial charge in [0, 0.05) is 18.8 Å². The van der Waals surface area contributed by atoms with Crippen LogP contribution < -0.4 is 10.9 Å². The molecule has 0 radical (unpaired) electrons. The van der Waals surface area contributed by atoms with E-state index < -0.39 is 0 Å². The van der Waals surface area contributed by atoms with Gasteiger partial charge >= 0.3 is 0 Å². The Hall–Kier alpha value is -1.03. The molecule has 0 amide bonds. The number of hydrogen-bond acceptors (Lipinski definition) is 2. The molecule has 0 saturated carbocycles. The summed E-state index contributed by atoms with van der Waals surface area (Å²) < 4.78 is 1.80. The van der Waals surface area contributed by atoms with Gasteiger partial charge in [-0.15, -0.1) is 0 Å². The van der Waals surface area contributed by atoms with Gasteiger partial charge in [-0.2, -0.15) is 0 Å². The summed E-state index contributed by atoms with van der Waals surface area (Å²) in [7, 11) is 1.88. The van der Waals surface area contributed by atoms with Gasteiger partial charge in [-0.3, -0.25) is 14.6 Å². The molecule has 0 spiro atoms. The number of H-pyrrole nitrogens is 1. The third kappa shape index (κ3) is 1.50. The molecular formula is C10H17N3O. The number of aryl methyl sites for hydroxylation is 1. The number of aromatic amines is 1. The molecule has 1 unspecified atom stereocenters. The molecule has 2 heterocycles. The van der Waals surface area contributed by atoms with Crippen LogP contribution in [0.25, 0.3) is 0 Å². The van der Waals surface area contributed by atoms with E-state index in [4.69, 9.17) is 0 Å². The molecule has 1 atom stereocenters. The normalized spacial score (nSPS) is 22.6. The second-order valence-electron chi connectivity index (χ2n) is 4.00. The lowest BCUT2D eigenvalue weighted by Gasteiger charge is -2.22. The van der Waals surface area contributed by atoms with Crippen LogP contribution in [-0.2, 0) is 7.05 Å². The van der Waals surface area contributed by atoms with Gasteiger partial charge in [0.25, 0.3) is 5.56 Å². The van der Waals surface area contributed by atoms with Gasteiger partial charge in [-0.05, 0) is 26.3 Å². The Kier molecular flexibility index (Phi) is 2.46. The molecule has 78 valence electrons. The maximum Gasteiger partial charge on any atom is 0.269 e. The van der Waals surface area contributed by atoms with Crippen LogP contribution in [-0.4, -0.2) is 16.3 Å². The second-order valence-corrected chi connectivity index (χ2v) is 4.00. The maximum atomic E-state index is 11.6. The standard InChI is InChI=1S/C10H17N3O/c1-7-9(10(14)12-13(7)2)8-5-3-4-6-11-8/h8,11H,3-6H2,1-2H3,(H,12,14). The van der Waals surface area contributed by atoms with E-state index in [0.29, 0.717) is 0 Å². The van der Waals surface area contributed by atoms with E-state index in [-0.39, 0.29) is 11.6 Å². The highest BCUT2D eigenvalue weighted by atomic mass is 16.1. The van der Waals surface area contributed by atoms with Gasteiger partial charge < -0.3 is 5.32 Å². The van der Waals surface area contributed by atoms with Crippen LogP contribution in [0.5, 0.6) is 0 Å². The predicted octanol–water partition coefficient (Wildman–Crippen LogP) is 0.836. The van der Waals surface area contributed by atoms with E-state index in [9.17, 15) is 4.79 Å². The Balaban J connectivity index is 2.34. The minimum absolute atomic E-state index is 0.0596. The van der Waals surface area contributed by atoms with Gasteiger partial charge in [0.2, 0.25) is 0 Å². The van der Waals surface area contributed by atoms with Crippen molar-refractivity contribution in [1.29, 1.82) is 0 Å². The molecule has 1 saturated heterocycles. The van der Waals surface area contributed by atoms with Crippen molar-refractivity contribution in [2.24, 2.45) is 7.05 Å². The molecule has 0 bridgehead atoms. The summed E-state index contributed by atoms with van der Waals surface area (Å²) >= 11 is 0. The quantitative estimate of drug-likeness (QED) is 0.697. The molecule has 1 aromatic rings. The van der Waals surface area contributed by atoms with Crippen molar-refractivity contribution in [3.63, 3.8) is 0 Å². The Morgan fingerprint density at radius 1 is 1.43 bits per heavy atom. The van der Waals surface area contributed by atoms with Gasteiger partial charge in [0.05, 0.1) is 5.56 Å². The summed E-state index contributed by atoms with van der Waals surface area (Å²) in [4.78, 5) is 11.6. The lowest BCUT2D eigenvalue weighted by molar-refractivity contribution is 0.409. The molecule has 0 aromatic carbocycles. The third-order valence-corrected chi connectivity index (χ3v) is 3.07. The first-order valence-corrected chi connectivity index (χ1v) is 5.19. The average molecular weight is 195 g/mol. The van der Waals surface area contributed by atoms with Crippen LogP contribution in [0, 0.1) is 6.92 Å². The molecular weight excluding hydrogens is 178 g/mol. The van der Waals surface area contributed by atoms with Crippen LogP contribution in [0.3, 0.4) is 0 Å². The van der Waals surface area contributed by atoms with Gasteiger partial charge in [-0.25, -0.2) is 0 Å². The number of nitrogens with zero attached hydrogens (tertiary/aromatic N) is 1. The van der Waals surface area contributed by atoms with Crippen LogP contribution in [0.15, 0.2) is 4.79 Å². The van der Waals surface area contributed by atoms with Gasteiger partial charge in [0.1, 0.15) is 0 Å². The zero-order valence-corrected chi connectivity index (χ0v) is 8.76. The first-order valence-electron chi connectivity index (χ1n) is 5.19. The minimum Gasteiger partial charge on any atom is -0.310 e. The molecule has 1 aliphatic rings. The number of aromatic nitrogens is 2. The van der Waals surface area contributed by atoms with Crippen molar-refractivity contribution < 1.29 is 0 Å². The molecule has 2 rings (SSSR count). The summed E-state index contributed by atoms with van der Waals surface area (Å²) in [5, 5.41) is 6.19. The zero-order chi connectivity index (χ0) is 10.1. The third-order valence-electron chi connectivity index (χ3n) is 3.07. The minimum atomic E-state index is 0.0596. The fraction of sp³-hybridized carbons (Fsp3) is 0.700. The van der Waals surface area contributed by atoms with E-state index in [1.807, 2.05) is 14.0 Å². The second kappa shape index (κ2) is 3.61. The Labute approximate surface area is 83.3 Å². The Morgan fingerprint density at radius 3 is 2.71 bits per heavy atom. The summed E-state index contributed by atoms with van der Waals surface area (Å²) in [5.74, 6) is 0. The van der Waals surface area contributed by atoms with Gasteiger partial charge in [0.15, 0.2) is 0 Å². The molecule has 1 fully saturated rings. The number of nitrogens with one attached hydrogen (secondary N) is 2. The summed E-state index contributed by atoms with van der Waals surface area (Å²) in [6.45, 7) is 3.02. The first kappa shape index (κ1) is 9.52. The highest BCUT2D eigenvalue weighted by Gasteiger charge is 2.21. The number of rotatable bonds is 1. The molecule has 0 aliphatic carbocycles. The summed E-state index contributed by atoms with van der Waals surface area (Å²) in [5.41, 5.74) is 2.03. The topological polar surface area (TPSA) is 49.8 Å². The summed E-state index contributed by atoms with van der Waals surface area (Å²) in [6.07, 6.45) is 3.51. The number of piperidine rings is 1. The fourth-order valence-corrected chi connectivity index (χ4v) is 2.15. The van der Waals surface area contributed by atoms with Crippen LogP contribution >= 0.6 is 0 Å². The predicted molar refractivity (Wildman–Crippen MR) is 55.4 cm³/mol. The fourth-order valence-electron chi connectivity index (χ4n) is 2.15. The Bertz CT molecular complexity index is 371. The van der Waals surface area contributed by atoms with Crippen LogP contribution in [0.2, 0.25) is 0 Å². The smallest absolute Gasteiger partial charge is 0.269 e. The lowest BCUT2D eigenvalue weighted by Crippen LogP contribution is -2.30. The molecule has 4 heteroatoms. The van der Waals surface area contributed by atoms with E-state index in [1.165, 1.54) is 12.8 Å². The number of hydrogen-bond donors (Lipinski definition) is 2. The van der Waals surface area contributed by atoms with Crippen molar-refractivity contribution in [3.05, 3.63) is 21.6 Å². The molecule has 14 heavy (non-hydrogen) atoms. The van der Waals surface area contributed by atoms with Crippen molar-refractivity contribution >= 4 is 0 Å². The summed E-state index contributed by atoms with van der Waals surface area (Å²) in [6, 6.07) is 0.258. The molecule has 2 N–H and O–H groups in total. The lowest BCUT2D eigenvalue weighted by atomic mass is 9.98. The Morgan fingerprint density at radius 2 is 2.21 bits per heavy atom. The van der Waals surface area contributed by atoms with E-state index in [2.05, 4.69) is 10.4 Å². The molecule has 1 aromatic heterocycles. The van der Waals surface area contributed by atoms with Crippen molar-refractivity contribution in [1.82, 2.24) is 15.1 Å². The zero-order valence-electron chi connectivity index (χ0n) is 8.76. The van der Waals surface area contributed by atoms with Crippen molar-refractivity contribution in [3.8, 4) is 0 Å². The highest BCUT2D eigenvalue weighted by molar-refractivity contribution is 5.21. The highest BCUT2D eigenvalue weighted by Crippen LogP contribution is 2.22. The van der Waals surface area contributed by atoms with Gasteiger partial charge in [-0.1, -0.05) is 6.42 Å². The van der Waals surface area contributed by atoms with Crippen molar-refractivity contribution in [2.75, 3.05) is 6.54 Å². The first-order chi connectivity index (χ1) is 6.70. The maximum absolute atomic E-state index is 11.6. The monoisotopic (exact) mass is 195 g/mol.